The zero-order chi connectivity index (χ0) is 21.8. The number of fused-ring (bicyclic) bond motifs is 2. The molecule has 2 atom stereocenters. The number of carbonyl (C=O) groups is 2. The molecule has 2 unspecified atom stereocenters. The second-order valence-corrected chi connectivity index (χ2v) is 8.85. The molecule has 2 aromatic carbocycles. The first-order valence-corrected chi connectivity index (χ1v) is 11.3. The molecule has 0 amide bonds. The molecule has 0 aromatic heterocycles. The number of benzene rings is 2. The maximum atomic E-state index is 12.2. The topological polar surface area (TPSA) is 55.8 Å². The molecule has 0 bridgehead atoms. The third-order valence-corrected chi connectivity index (χ3v) is 6.74. The molecule has 1 heterocycles. The summed E-state index contributed by atoms with van der Waals surface area (Å²) in [5.74, 6) is 0.829. The van der Waals surface area contributed by atoms with Crippen LogP contribution in [0.4, 0.5) is 5.69 Å². The lowest BCUT2D eigenvalue weighted by Crippen LogP contribution is -2.39. The summed E-state index contributed by atoms with van der Waals surface area (Å²) in [5.41, 5.74) is 3.73. The molecule has 1 aliphatic heterocycles. The summed E-state index contributed by atoms with van der Waals surface area (Å²) in [7, 11) is 1.39. The summed E-state index contributed by atoms with van der Waals surface area (Å²) in [6, 6.07) is 11.4. The van der Waals surface area contributed by atoms with Crippen molar-refractivity contribution in [2.75, 3.05) is 25.1 Å². The van der Waals surface area contributed by atoms with Gasteiger partial charge in [-0.3, -0.25) is 0 Å². The third-order valence-electron chi connectivity index (χ3n) is 6.50. The van der Waals surface area contributed by atoms with E-state index in [4.69, 9.17) is 21.1 Å². The molecule has 2 aliphatic rings. The zero-order valence-corrected chi connectivity index (χ0v) is 18.6. The second kappa shape index (κ2) is 9.73. The van der Waals surface area contributed by atoms with Gasteiger partial charge in [-0.25, -0.2) is 4.79 Å². The molecule has 4 rings (SSSR count). The number of aldehydes is 1. The molecule has 6 heteroatoms. The maximum absolute atomic E-state index is 12.2. The highest BCUT2D eigenvalue weighted by atomic mass is 35.5. The van der Waals surface area contributed by atoms with Crippen molar-refractivity contribution in [2.24, 2.45) is 11.8 Å². The number of ether oxygens (including phenoxy) is 2. The Labute approximate surface area is 188 Å². The zero-order valence-electron chi connectivity index (χ0n) is 17.8. The number of anilines is 1. The number of carbonyl (C=O) groups excluding carboxylic acids is 2. The van der Waals surface area contributed by atoms with E-state index in [0.717, 1.165) is 73.5 Å². The SMILES string of the molecule is COC(=O)c1ccc2c(c1)N(CC1CCC1C=O)CCCCc1cc(Cl)ccc1CO2. The van der Waals surface area contributed by atoms with Gasteiger partial charge in [0.25, 0.3) is 0 Å². The quantitative estimate of drug-likeness (QED) is 0.489. The van der Waals surface area contributed by atoms with Gasteiger partial charge >= 0.3 is 5.97 Å². The van der Waals surface area contributed by atoms with E-state index in [-0.39, 0.29) is 11.9 Å². The second-order valence-electron chi connectivity index (χ2n) is 8.42. The minimum absolute atomic E-state index is 0.123. The average molecular weight is 442 g/mol. The van der Waals surface area contributed by atoms with Crippen LogP contribution >= 0.6 is 11.6 Å². The number of rotatable bonds is 4. The molecule has 1 saturated carbocycles. The molecule has 2 aromatic rings. The highest BCUT2D eigenvalue weighted by Crippen LogP contribution is 2.38. The van der Waals surface area contributed by atoms with Crippen molar-refractivity contribution in [1.82, 2.24) is 0 Å². The summed E-state index contributed by atoms with van der Waals surface area (Å²) in [5, 5.41) is 0.739. The maximum Gasteiger partial charge on any atom is 0.337 e. The largest absolute Gasteiger partial charge is 0.487 e. The fourth-order valence-corrected chi connectivity index (χ4v) is 4.66. The van der Waals surface area contributed by atoms with Crippen LogP contribution in [0.1, 0.15) is 47.2 Å². The molecular weight excluding hydrogens is 414 g/mol. The van der Waals surface area contributed by atoms with Crippen LogP contribution in [-0.4, -0.2) is 32.5 Å². The molecule has 0 N–H and O–H groups in total. The molecule has 0 saturated heterocycles. The minimum atomic E-state index is -0.369. The van der Waals surface area contributed by atoms with Crippen molar-refractivity contribution in [3.8, 4) is 5.75 Å². The minimum Gasteiger partial charge on any atom is -0.487 e. The van der Waals surface area contributed by atoms with Crippen LogP contribution in [0.3, 0.4) is 0 Å². The van der Waals surface area contributed by atoms with Crippen LogP contribution < -0.4 is 9.64 Å². The van der Waals surface area contributed by atoms with Crippen LogP contribution in [0, 0.1) is 11.8 Å². The summed E-state index contributed by atoms with van der Waals surface area (Å²) >= 11 is 6.23. The normalized spacial score (nSPS) is 20.9. The number of methoxy groups -OCH3 is 1. The van der Waals surface area contributed by atoms with E-state index in [1.807, 2.05) is 30.3 Å². The Hall–Kier alpha value is -2.53. The lowest BCUT2D eigenvalue weighted by Gasteiger charge is -2.38. The van der Waals surface area contributed by atoms with E-state index in [1.165, 1.54) is 12.7 Å². The van der Waals surface area contributed by atoms with Crippen LogP contribution in [0.25, 0.3) is 0 Å². The van der Waals surface area contributed by atoms with E-state index in [1.54, 1.807) is 6.07 Å². The number of hydrogen-bond acceptors (Lipinski definition) is 5. The summed E-state index contributed by atoms with van der Waals surface area (Å²) in [6.45, 7) is 2.05. The van der Waals surface area contributed by atoms with E-state index < -0.39 is 0 Å². The van der Waals surface area contributed by atoms with Crippen molar-refractivity contribution in [1.29, 1.82) is 0 Å². The van der Waals surface area contributed by atoms with Gasteiger partial charge in [-0.05, 0) is 79.5 Å². The molecule has 0 radical (unpaired) electrons. The Bertz CT molecular complexity index is 961. The summed E-state index contributed by atoms with van der Waals surface area (Å²) in [4.78, 5) is 25.8. The Kier molecular flexibility index (Phi) is 6.81. The molecular formula is C25H28ClNO4. The van der Waals surface area contributed by atoms with E-state index >= 15 is 0 Å². The Balaban J connectivity index is 1.68. The van der Waals surface area contributed by atoms with Crippen molar-refractivity contribution < 1.29 is 19.1 Å². The third kappa shape index (κ3) is 4.87. The number of esters is 1. The van der Waals surface area contributed by atoms with Crippen LogP contribution in [0.2, 0.25) is 5.02 Å². The van der Waals surface area contributed by atoms with Crippen LogP contribution in [0.5, 0.6) is 5.75 Å². The van der Waals surface area contributed by atoms with Gasteiger partial charge in [0, 0.05) is 24.0 Å². The van der Waals surface area contributed by atoms with Gasteiger partial charge in [0.2, 0.25) is 0 Å². The molecule has 1 fully saturated rings. The van der Waals surface area contributed by atoms with Gasteiger partial charge in [0.05, 0.1) is 18.4 Å². The van der Waals surface area contributed by atoms with E-state index in [0.29, 0.717) is 18.1 Å². The number of aryl methyl sites for hydroxylation is 1. The highest BCUT2D eigenvalue weighted by Gasteiger charge is 2.32. The lowest BCUT2D eigenvalue weighted by atomic mass is 9.74. The smallest absolute Gasteiger partial charge is 0.337 e. The summed E-state index contributed by atoms with van der Waals surface area (Å²) < 4.78 is 11.2. The van der Waals surface area contributed by atoms with Gasteiger partial charge < -0.3 is 19.2 Å². The van der Waals surface area contributed by atoms with Crippen molar-refractivity contribution >= 4 is 29.5 Å². The first-order chi connectivity index (χ1) is 15.1. The van der Waals surface area contributed by atoms with Crippen molar-refractivity contribution in [3.05, 3.63) is 58.1 Å². The molecule has 0 spiro atoms. The van der Waals surface area contributed by atoms with Crippen LogP contribution in [0.15, 0.2) is 36.4 Å². The molecule has 31 heavy (non-hydrogen) atoms. The molecule has 5 nitrogen and oxygen atoms in total. The number of nitrogens with zero attached hydrogens (tertiary/aromatic N) is 1. The summed E-state index contributed by atoms with van der Waals surface area (Å²) in [6.07, 6.45) is 6.06. The van der Waals surface area contributed by atoms with Crippen molar-refractivity contribution in [3.63, 3.8) is 0 Å². The van der Waals surface area contributed by atoms with Gasteiger partial charge in [-0.1, -0.05) is 17.7 Å². The molecule has 164 valence electrons. The predicted octanol–water partition coefficient (Wildman–Crippen LogP) is 5.07. The van der Waals surface area contributed by atoms with Gasteiger partial charge in [0.1, 0.15) is 18.6 Å². The fraction of sp³-hybridized carbons (Fsp3) is 0.440. The Morgan fingerprint density at radius 3 is 2.81 bits per heavy atom. The van der Waals surface area contributed by atoms with Crippen LogP contribution in [-0.2, 0) is 22.6 Å². The van der Waals surface area contributed by atoms with Crippen molar-refractivity contribution in [2.45, 2.75) is 38.7 Å². The Morgan fingerprint density at radius 1 is 1.19 bits per heavy atom. The standard InChI is InChI=1S/C25H28ClNO4/c1-30-25(29)18-8-10-24-23(13-18)27(14-19-5-6-20(19)15-28)11-3-2-4-17-12-22(26)9-7-21(17)16-31-24/h7-10,12-13,15,19-20H,2-6,11,14,16H2,1H3. The van der Waals surface area contributed by atoms with Gasteiger partial charge in [0.15, 0.2) is 0 Å². The predicted molar refractivity (Wildman–Crippen MR) is 121 cm³/mol. The monoisotopic (exact) mass is 441 g/mol. The number of hydrogen-bond donors (Lipinski definition) is 0. The average Bonchev–Trinajstić information content (AvgIpc) is 2.79. The molecule has 1 aliphatic carbocycles. The first kappa shape index (κ1) is 21.7. The van der Waals surface area contributed by atoms with Gasteiger partial charge in [-0.2, -0.15) is 0 Å². The van der Waals surface area contributed by atoms with Gasteiger partial charge in [-0.15, -0.1) is 0 Å². The Morgan fingerprint density at radius 2 is 2.06 bits per heavy atom. The van der Waals surface area contributed by atoms with E-state index in [2.05, 4.69) is 4.90 Å². The van der Waals surface area contributed by atoms with E-state index in [9.17, 15) is 9.59 Å². The lowest BCUT2D eigenvalue weighted by molar-refractivity contribution is -0.115. The fourth-order valence-electron chi connectivity index (χ4n) is 4.47. The highest BCUT2D eigenvalue weighted by molar-refractivity contribution is 6.30. The first-order valence-electron chi connectivity index (χ1n) is 10.9. The number of halogens is 1.